The van der Waals surface area contributed by atoms with Crippen molar-refractivity contribution in [3.8, 4) is 5.75 Å². The number of amides is 1. The smallest absolute Gasteiger partial charge is 0.290 e. The molecular weight excluding hydrogens is 404 g/mol. The monoisotopic (exact) mass is 438 g/mol. The summed E-state index contributed by atoms with van der Waals surface area (Å²) in [5.41, 5.74) is 1.47. The fourth-order valence-corrected chi connectivity index (χ4v) is 6.37. The maximum absolute atomic E-state index is 13.9. The standard InChI is InChI=1S/C26H34N2O4/c1-27(2)13-14-28-22(17-8-6-9-18(15-17)31-3)21-23(29)20-12-11-16-7-4-5-10-19(16)24(20)32-25(21)26(28)30/h6,8-9,15-16,19-20,22,24H,4-5,7,10-14H2,1-3H3. The minimum atomic E-state index is -0.412. The van der Waals surface area contributed by atoms with E-state index in [0.29, 0.717) is 29.7 Å². The lowest BCUT2D eigenvalue weighted by atomic mass is 9.63. The van der Waals surface area contributed by atoms with Crippen LogP contribution in [-0.4, -0.2) is 61.9 Å². The molecule has 32 heavy (non-hydrogen) atoms. The molecule has 2 saturated carbocycles. The Morgan fingerprint density at radius 3 is 2.72 bits per heavy atom. The molecule has 5 rings (SSSR count). The average molecular weight is 439 g/mol. The van der Waals surface area contributed by atoms with Crippen molar-refractivity contribution in [3.63, 3.8) is 0 Å². The normalized spacial score (nSPS) is 31.9. The van der Waals surface area contributed by atoms with Crippen LogP contribution in [0.1, 0.15) is 50.1 Å². The lowest BCUT2D eigenvalue weighted by molar-refractivity contribution is -0.141. The maximum Gasteiger partial charge on any atom is 0.290 e. The second-order valence-corrected chi connectivity index (χ2v) is 10.1. The zero-order valence-electron chi connectivity index (χ0n) is 19.4. The minimum Gasteiger partial charge on any atom is -0.497 e. The molecular formula is C26H34N2O4. The van der Waals surface area contributed by atoms with Crippen LogP contribution in [0, 0.1) is 17.8 Å². The number of Topliss-reactive ketones (excluding diaryl/α,β-unsaturated/α-hetero) is 1. The molecule has 5 unspecified atom stereocenters. The van der Waals surface area contributed by atoms with Crippen LogP contribution < -0.4 is 4.74 Å². The van der Waals surface area contributed by atoms with E-state index in [1.165, 1.54) is 19.3 Å². The first-order chi connectivity index (χ1) is 15.5. The Kier molecular flexibility index (Phi) is 5.74. The molecule has 0 bridgehead atoms. The summed E-state index contributed by atoms with van der Waals surface area (Å²) in [6.07, 6.45) is 6.65. The zero-order valence-corrected chi connectivity index (χ0v) is 19.4. The summed E-state index contributed by atoms with van der Waals surface area (Å²) >= 11 is 0. The van der Waals surface area contributed by atoms with Crippen LogP contribution in [0.25, 0.3) is 0 Å². The molecule has 5 atom stereocenters. The van der Waals surface area contributed by atoms with Gasteiger partial charge in [0.1, 0.15) is 11.9 Å². The van der Waals surface area contributed by atoms with E-state index in [4.69, 9.17) is 9.47 Å². The van der Waals surface area contributed by atoms with E-state index in [-0.39, 0.29) is 23.7 Å². The van der Waals surface area contributed by atoms with E-state index in [1.54, 1.807) is 7.11 Å². The molecule has 4 aliphatic rings. The van der Waals surface area contributed by atoms with Crippen molar-refractivity contribution in [1.29, 1.82) is 0 Å². The van der Waals surface area contributed by atoms with Crippen LogP contribution in [0.4, 0.5) is 0 Å². The third-order valence-corrected chi connectivity index (χ3v) is 7.97. The van der Waals surface area contributed by atoms with Crippen molar-refractivity contribution < 1.29 is 19.1 Å². The zero-order chi connectivity index (χ0) is 22.4. The molecule has 0 spiro atoms. The highest BCUT2D eigenvalue weighted by Gasteiger charge is 2.55. The highest BCUT2D eigenvalue weighted by atomic mass is 16.5. The number of carbonyl (C=O) groups is 2. The summed E-state index contributed by atoms with van der Waals surface area (Å²) in [6.45, 7) is 1.26. The molecule has 6 nitrogen and oxygen atoms in total. The Hall–Kier alpha value is -2.34. The fraction of sp³-hybridized carbons (Fsp3) is 0.615. The first-order valence-electron chi connectivity index (χ1n) is 12.0. The fourth-order valence-electron chi connectivity index (χ4n) is 6.37. The van der Waals surface area contributed by atoms with Crippen molar-refractivity contribution in [1.82, 2.24) is 9.80 Å². The van der Waals surface area contributed by atoms with Crippen molar-refractivity contribution in [2.75, 3.05) is 34.3 Å². The number of rotatable bonds is 5. The van der Waals surface area contributed by atoms with E-state index in [0.717, 1.165) is 37.1 Å². The average Bonchev–Trinajstić information content (AvgIpc) is 3.09. The van der Waals surface area contributed by atoms with Gasteiger partial charge in [-0.3, -0.25) is 9.59 Å². The Labute approximate surface area is 190 Å². The highest BCUT2D eigenvalue weighted by Crippen LogP contribution is 2.52. The van der Waals surface area contributed by atoms with Crippen molar-refractivity contribution in [2.45, 2.75) is 50.7 Å². The molecule has 2 aliphatic heterocycles. The van der Waals surface area contributed by atoms with Gasteiger partial charge in [-0.2, -0.15) is 0 Å². The van der Waals surface area contributed by atoms with Gasteiger partial charge in [0.25, 0.3) is 5.91 Å². The lowest BCUT2D eigenvalue weighted by Crippen LogP contribution is -2.48. The van der Waals surface area contributed by atoms with E-state index in [2.05, 4.69) is 4.90 Å². The number of carbonyl (C=O) groups excluding carboxylic acids is 2. The van der Waals surface area contributed by atoms with Crippen molar-refractivity contribution in [2.24, 2.45) is 17.8 Å². The molecule has 0 saturated heterocycles. The number of fused-ring (bicyclic) bond motifs is 3. The number of benzene rings is 1. The maximum atomic E-state index is 13.9. The van der Waals surface area contributed by atoms with Gasteiger partial charge in [0.15, 0.2) is 11.5 Å². The Bertz CT molecular complexity index is 940. The first-order valence-corrected chi connectivity index (χ1v) is 12.0. The lowest BCUT2D eigenvalue weighted by Gasteiger charge is -2.46. The van der Waals surface area contributed by atoms with E-state index in [1.807, 2.05) is 43.3 Å². The summed E-state index contributed by atoms with van der Waals surface area (Å²) in [6, 6.07) is 7.32. The number of hydrogen-bond acceptors (Lipinski definition) is 5. The summed E-state index contributed by atoms with van der Waals surface area (Å²) in [4.78, 5) is 31.4. The molecule has 1 aromatic carbocycles. The number of ether oxygens (including phenoxy) is 2. The van der Waals surface area contributed by atoms with Crippen LogP contribution in [0.15, 0.2) is 35.6 Å². The van der Waals surface area contributed by atoms with Gasteiger partial charge in [0, 0.05) is 13.1 Å². The van der Waals surface area contributed by atoms with Gasteiger partial charge in [-0.1, -0.05) is 31.4 Å². The number of likely N-dealkylation sites (N-methyl/N-ethyl adjacent to an activating group) is 1. The highest BCUT2D eigenvalue weighted by molar-refractivity contribution is 6.11. The summed E-state index contributed by atoms with van der Waals surface area (Å²) in [5, 5.41) is 0. The number of nitrogens with zero attached hydrogens (tertiary/aromatic N) is 2. The van der Waals surface area contributed by atoms with Gasteiger partial charge in [-0.15, -0.1) is 0 Å². The minimum absolute atomic E-state index is 0.122. The van der Waals surface area contributed by atoms with Gasteiger partial charge in [0.05, 0.1) is 24.6 Å². The van der Waals surface area contributed by atoms with E-state index >= 15 is 0 Å². The van der Waals surface area contributed by atoms with Gasteiger partial charge >= 0.3 is 0 Å². The van der Waals surface area contributed by atoms with Gasteiger partial charge in [-0.05, 0) is 62.9 Å². The topological polar surface area (TPSA) is 59.1 Å². The third kappa shape index (κ3) is 3.53. The molecule has 2 fully saturated rings. The molecule has 172 valence electrons. The summed E-state index contributed by atoms with van der Waals surface area (Å²) in [5.74, 6) is 1.95. The third-order valence-electron chi connectivity index (χ3n) is 7.97. The molecule has 0 aromatic heterocycles. The van der Waals surface area contributed by atoms with Gasteiger partial charge in [-0.25, -0.2) is 0 Å². The SMILES string of the molecule is COc1cccc(C2C3=C(OC4C(CCC5CCCCC54)C3=O)C(=O)N2CCN(C)C)c1. The predicted molar refractivity (Wildman–Crippen MR) is 121 cm³/mol. The van der Waals surface area contributed by atoms with Crippen LogP contribution in [0.5, 0.6) is 5.75 Å². The molecule has 6 heteroatoms. The second kappa shape index (κ2) is 8.54. The number of hydrogen-bond donors (Lipinski definition) is 0. The molecule has 2 aliphatic carbocycles. The Morgan fingerprint density at radius 1 is 1.12 bits per heavy atom. The Balaban J connectivity index is 1.54. The molecule has 2 heterocycles. The largest absolute Gasteiger partial charge is 0.497 e. The predicted octanol–water partition coefficient (Wildman–Crippen LogP) is 3.58. The van der Waals surface area contributed by atoms with Crippen molar-refractivity contribution >= 4 is 11.7 Å². The van der Waals surface area contributed by atoms with Crippen LogP contribution >= 0.6 is 0 Å². The first kappa shape index (κ1) is 21.5. The summed E-state index contributed by atoms with van der Waals surface area (Å²) in [7, 11) is 5.62. The van der Waals surface area contributed by atoms with Gasteiger partial charge in [0.2, 0.25) is 0 Å². The van der Waals surface area contributed by atoms with E-state index < -0.39 is 6.04 Å². The summed E-state index contributed by atoms with van der Waals surface area (Å²) < 4.78 is 12.0. The van der Waals surface area contributed by atoms with Crippen LogP contribution in [0.3, 0.4) is 0 Å². The quantitative estimate of drug-likeness (QED) is 0.703. The molecule has 0 radical (unpaired) electrons. The van der Waals surface area contributed by atoms with Gasteiger partial charge < -0.3 is 19.3 Å². The number of ketones is 1. The van der Waals surface area contributed by atoms with Crippen molar-refractivity contribution in [3.05, 3.63) is 41.2 Å². The van der Waals surface area contributed by atoms with E-state index in [9.17, 15) is 9.59 Å². The number of methoxy groups -OCH3 is 1. The molecule has 1 aromatic rings. The van der Waals surface area contributed by atoms with Crippen LogP contribution in [-0.2, 0) is 14.3 Å². The molecule has 0 N–H and O–H groups in total. The second-order valence-electron chi connectivity index (χ2n) is 10.1. The molecule has 1 amide bonds. The van der Waals surface area contributed by atoms with Crippen LogP contribution in [0.2, 0.25) is 0 Å². The Morgan fingerprint density at radius 2 is 1.94 bits per heavy atom.